The molecule has 0 bridgehead atoms. The van der Waals surface area contributed by atoms with E-state index in [1.807, 2.05) is 13.1 Å². The summed E-state index contributed by atoms with van der Waals surface area (Å²) in [7, 11) is 1.86. The molecule has 27 heavy (non-hydrogen) atoms. The van der Waals surface area contributed by atoms with E-state index < -0.39 is 11.6 Å². The fraction of sp³-hybridized carbons (Fsp3) is 0.500. The number of hydrogen-bond acceptors (Lipinski definition) is 5. The van der Waals surface area contributed by atoms with E-state index in [0.717, 1.165) is 56.4 Å². The van der Waals surface area contributed by atoms with Crippen molar-refractivity contribution in [2.75, 3.05) is 43.4 Å². The quantitative estimate of drug-likeness (QED) is 0.891. The van der Waals surface area contributed by atoms with Crippen LogP contribution in [0.25, 0.3) is 0 Å². The molecule has 0 saturated carbocycles. The molecule has 2 saturated heterocycles. The van der Waals surface area contributed by atoms with Crippen LogP contribution in [-0.4, -0.2) is 48.1 Å². The molecule has 4 rings (SSSR count). The van der Waals surface area contributed by atoms with Crippen molar-refractivity contribution in [1.29, 1.82) is 0 Å². The third-order valence-corrected chi connectivity index (χ3v) is 5.75. The second-order valence-corrected chi connectivity index (χ2v) is 7.73. The van der Waals surface area contributed by atoms with Gasteiger partial charge in [0.1, 0.15) is 5.82 Å². The first-order valence-corrected chi connectivity index (χ1v) is 9.49. The summed E-state index contributed by atoms with van der Waals surface area (Å²) in [6, 6.07) is 6.07. The van der Waals surface area contributed by atoms with Gasteiger partial charge in [0.2, 0.25) is 5.95 Å². The lowest BCUT2D eigenvalue weighted by Crippen LogP contribution is -2.44. The van der Waals surface area contributed by atoms with Crippen LogP contribution in [0.15, 0.2) is 30.5 Å². The highest BCUT2D eigenvalue weighted by molar-refractivity contribution is 5.42. The van der Waals surface area contributed by atoms with Gasteiger partial charge in [0.25, 0.3) is 0 Å². The summed E-state index contributed by atoms with van der Waals surface area (Å²) in [5.74, 6) is 0.0398. The maximum atomic E-state index is 13.5. The van der Waals surface area contributed by atoms with E-state index in [4.69, 9.17) is 0 Å². The molecule has 7 heteroatoms. The lowest BCUT2D eigenvalue weighted by atomic mass is 9.79. The maximum absolute atomic E-state index is 13.5. The molecular weight excluding hydrogens is 348 g/mol. The van der Waals surface area contributed by atoms with Crippen LogP contribution in [0.3, 0.4) is 0 Å². The molecule has 0 radical (unpaired) electrons. The van der Waals surface area contributed by atoms with E-state index in [9.17, 15) is 8.78 Å². The van der Waals surface area contributed by atoms with Crippen LogP contribution in [0.5, 0.6) is 0 Å². The summed E-state index contributed by atoms with van der Waals surface area (Å²) in [6.45, 7) is 4.51. The van der Waals surface area contributed by atoms with Crippen LogP contribution >= 0.6 is 0 Å². The fourth-order valence-electron chi connectivity index (χ4n) is 4.42. The molecule has 1 N–H and O–H groups in total. The molecule has 2 aromatic rings. The summed E-state index contributed by atoms with van der Waals surface area (Å²) in [5.41, 5.74) is 1.04. The monoisotopic (exact) mass is 373 g/mol. The second kappa shape index (κ2) is 7.38. The Morgan fingerprint density at radius 3 is 2.81 bits per heavy atom. The average molecular weight is 373 g/mol. The van der Waals surface area contributed by atoms with E-state index in [2.05, 4.69) is 25.1 Å². The standard InChI is InChI=1S/C20H25F2N5/c1-23-18-5-8-24-19(25-18)27-10-7-20(14-27)6-2-9-26(13-20)12-15-3-4-16(21)17(22)11-15/h3-5,8,11H,2,6-7,9-10,12-14H2,1H3,(H,23,24,25). The number of anilines is 2. The van der Waals surface area contributed by atoms with Crippen LogP contribution in [0, 0.1) is 17.0 Å². The number of benzene rings is 1. The molecule has 144 valence electrons. The van der Waals surface area contributed by atoms with Crippen LogP contribution < -0.4 is 10.2 Å². The van der Waals surface area contributed by atoms with Gasteiger partial charge in [-0.3, -0.25) is 4.90 Å². The highest BCUT2D eigenvalue weighted by Gasteiger charge is 2.42. The van der Waals surface area contributed by atoms with E-state index in [1.165, 1.54) is 18.6 Å². The number of nitrogens with one attached hydrogen (secondary N) is 1. The summed E-state index contributed by atoms with van der Waals surface area (Å²) in [5, 5.41) is 3.06. The van der Waals surface area contributed by atoms with Crippen molar-refractivity contribution in [3.8, 4) is 0 Å². The first kappa shape index (κ1) is 18.1. The Bertz CT molecular complexity index is 815. The highest BCUT2D eigenvalue weighted by atomic mass is 19.2. The van der Waals surface area contributed by atoms with Gasteiger partial charge in [-0.2, -0.15) is 4.98 Å². The first-order chi connectivity index (χ1) is 13.1. The van der Waals surface area contributed by atoms with Crippen LogP contribution in [-0.2, 0) is 6.54 Å². The first-order valence-electron chi connectivity index (χ1n) is 9.49. The average Bonchev–Trinajstić information content (AvgIpc) is 3.08. The van der Waals surface area contributed by atoms with Gasteiger partial charge in [0, 0.05) is 44.8 Å². The van der Waals surface area contributed by atoms with Gasteiger partial charge in [-0.05, 0) is 49.6 Å². The number of piperidine rings is 1. The van der Waals surface area contributed by atoms with Gasteiger partial charge >= 0.3 is 0 Å². The lowest BCUT2D eigenvalue weighted by molar-refractivity contribution is 0.0990. The smallest absolute Gasteiger partial charge is 0.227 e. The number of halogens is 2. The van der Waals surface area contributed by atoms with Gasteiger partial charge in [0.05, 0.1) is 0 Å². The van der Waals surface area contributed by atoms with Gasteiger partial charge in [-0.15, -0.1) is 0 Å². The van der Waals surface area contributed by atoms with Crippen LogP contribution in [0.2, 0.25) is 0 Å². The third kappa shape index (κ3) is 3.88. The highest BCUT2D eigenvalue weighted by Crippen LogP contribution is 2.40. The predicted molar refractivity (Wildman–Crippen MR) is 102 cm³/mol. The van der Waals surface area contributed by atoms with Crippen molar-refractivity contribution in [3.63, 3.8) is 0 Å². The summed E-state index contributed by atoms with van der Waals surface area (Å²) >= 11 is 0. The number of rotatable bonds is 4. The van der Waals surface area contributed by atoms with Crippen LogP contribution in [0.1, 0.15) is 24.8 Å². The van der Waals surface area contributed by atoms with Gasteiger partial charge in [-0.1, -0.05) is 6.07 Å². The second-order valence-electron chi connectivity index (χ2n) is 7.73. The molecule has 1 spiro atoms. The summed E-state index contributed by atoms with van der Waals surface area (Å²) in [4.78, 5) is 13.6. The SMILES string of the molecule is CNc1ccnc(N2CCC3(CCCN(Cc4ccc(F)c(F)c4)C3)C2)n1. The Hall–Kier alpha value is -2.28. The Labute approximate surface area is 158 Å². The summed E-state index contributed by atoms with van der Waals surface area (Å²) < 4.78 is 26.7. The van der Waals surface area contributed by atoms with Crippen LogP contribution in [0.4, 0.5) is 20.5 Å². The Balaban J connectivity index is 1.43. The van der Waals surface area contributed by atoms with E-state index in [-0.39, 0.29) is 5.41 Å². The zero-order chi connectivity index (χ0) is 18.9. The molecule has 0 amide bonds. The summed E-state index contributed by atoms with van der Waals surface area (Å²) in [6.07, 6.45) is 5.20. The molecule has 1 aromatic carbocycles. The minimum Gasteiger partial charge on any atom is -0.373 e. The predicted octanol–water partition coefficient (Wildman–Crippen LogP) is 3.29. The maximum Gasteiger partial charge on any atom is 0.227 e. The number of aromatic nitrogens is 2. The number of hydrogen-bond donors (Lipinski definition) is 1. The Morgan fingerprint density at radius 2 is 2.00 bits per heavy atom. The van der Waals surface area contributed by atoms with Gasteiger partial charge < -0.3 is 10.2 Å². The van der Waals surface area contributed by atoms with Crippen molar-refractivity contribution in [3.05, 3.63) is 47.7 Å². The normalized spacial score (nSPS) is 23.1. The van der Waals surface area contributed by atoms with Crippen molar-refractivity contribution >= 4 is 11.8 Å². The number of likely N-dealkylation sites (tertiary alicyclic amines) is 1. The van der Waals surface area contributed by atoms with Gasteiger partial charge in [-0.25, -0.2) is 13.8 Å². The topological polar surface area (TPSA) is 44.3 Å². The molecule has 2 aliphatic heterocycles. The van der Waals surface area contributed by atoms with E-state index in [0.29, 0.717) is 6.54 Å². The fourth-order valence-corrected chi connectivity index (χ4v) is 4.42. The zero-order valence-electron chi connectivity index (χ0n) is 15.6. The molecule has 2 fully saturated rings. The van der Waals surface area contributed by atoms with Gasteiger partial charge in [0.15, 0.2) is 11.6 Å². The Kier molecular flexibility index (Phi) is 4.95. The molecule has 3 heterocycles. The lowest BCUT2D eigenvalue weighted by Gasteiger charge is -2.40. The van der Waals surface area contributed by atoms with Crippen molar-refractivity contribution in [2.45, 2.75) is 25.8 Å². The van der Waals surface area contributed by atoms with Crippen molar-refractivity contribution in [1.82, 2.24) is 14.9 Å². The van der Waals surface area contributed by atoms with Crippen molar-refractivity contribution < 1.29 is 8.78 Å². The minimum absolute atomic E-state index is 0.218. The molecule has 5 nitrogen and oxygen atoms in total. The molecule has 1 aromatic heterocycles. The minimum atomic E-state index is -0.788. The molecule has 2 aliphatic rings. The largest absolute Gasteiger partial charge is 0.373 e. The zero-order valence-corrected chi connectivity index (χ0v) is 15.6. The van der Waals surface area contributed by atoms with E-state index in [1.54, 1.807) is 12.3 Å². The molecule has 1 atom stereocenters. The third-order valence-electron chi connectivity index (χ3n) is 5.75. The number of nitrogens with zero attached hydrogens (tertiary/aromatic N) is 4. The van der Waals surface area contributed by atoms with Crippen molar-refractivity contribution in [2.24, 2.45) is 5.41 Å². The molecule has 0 aliphatic carbocycles. The molecular formula is C20H25F2N5. The molecule has 1 unspecified atom stereocenters. The van der Waals surface area contributed by atoms with E-state index >= 15 is 0 Å². The Morgan fingerprint density at radius 1 is 1.11 bits per heavy atom.